The fourth-order valence-electron chi connectivity index (χ4n) is 5.09. The molecule has 0 aromatic rings. The van der Waals surface area contributed by atoms with Gasteiger partial charge in [-0.15, -0.1) is 12.4 Å². The highest BCUT2D eigenvalue weighted by atomic mass is 35.5. The van der Waals surface area contributed by atoms with Gasteiger partial charge in [0.25, 0.3) is 0 Å². The minimum Gasteiger partial charge on any atom is -0.342 e. The fraction of sp³-hybridized carbons (Fsp3) is 0.944. The maximum absolute atomic E-state index is 13.0. The van der Waals surface area contributed by atoms with Crippen molar-refractivity contribution >= 4 is 18.3 Å². The van der Waals surface area contributed by atoms with Crippen LogP contribution in [0.15, 0.2) is 0 Å². The van der Waals surface area contributed by atoms with Gasteiger partial charge in [0.2, 0.25) is 5.91 Å². The van der Waals surface area contributed by atoms with Gasteiger partial charge in [-0.1, -0.05) is 32.1 Å². The lowest BCUT2D eigenvalue weighted by molar-refractivity contribution is -0.143. The molecule has 2 unspecified atom stereocenters. The van der Waals surface area contributed by atoms with Gasteiger partial charge in [-0.25, -0.2) is 0 Å². The molecule has 2 atom stereocenters. The Morgan fingerprint density at radius 1 is 1.00 bits per heavy atom. The molecule has 1 spiro atoms. The standard InChI is InChI=1S/C18H32N2O.ClH/c1-17(19)9-6-3-8-15(17)16(21)20-13-7-12-18(14-20)10-4-2-5-11-18;/h15H,2-14,19H2,1H3;1H. The lowest BCUT2D eigenvalue weighted by Crippen LogP contribution is -2.56. The predicted molar refractivity (Wildman–Crippen MR) is 93.1 cm³/mol. The summed E-state index contributed by atoms with van der Waals surface area (Å²) in [7, 11) is 0. The highest BCUT2D eigenvalue weighted by molar-refractivity contribution is 5.85. The molecule has 1 heterocycles. The number of hydrogen-bond acceptors (Lipinski definition) is 2. The molecular weight excluding hydrogens is 296 g/mol. The molecule has 0 aromatic carbocycles. The van der Waals surface area contributed by atoms with Crippen LogP contribution < -0.4 is 5.73 Å². The van der Waals surface area contributed by atoms with Crippen molar-refractivity contribution in [2.75, 3.05) is 13.1 Å². The van der Waals surface area contributed by atoms with Crippen molar-refractivity contribution in [3.05, 3.63) is 0 Å². The molecule has 3 nitrogen and oxygen atoms in total. The van der Waals surface area contributed by atoms with Crippen LogP contribution in [0.1, 0.15) is 77.6 Å². The summed E-state index contributed by atoms with van der Waals surface area (Å²) in [5.41, 5.74) is 6.62. The van der Waals surface area contributed by atoms with Crippen molar-refractivity contribution in [3.63, 3.8) is 0 Å². The minimum absolute atomic E-state index is 0. The molecule has 22 heavy (non-hydrogen) atoms. The predicted octanol–water partition coefficient (Wildman–Crippen LogP) is 3.89. The number of hydrogen-bond donors (Lipinski definition) is 1. The first kappa shape index (κ1) is 18.1. The first-order chi connectivity index (χ1) is 10.0. The van der Waals surface area contributed by atoms with Gasteiger partial charge in [-0.2, -0.15) is 0 Å². The van der Waals surface area contributed by atoms with Gasteiger partial charge in [-0.05, 0) is 50.9 Å². The summed E-state index contributed by atoms with van der Waals surface area (Å²) >= 11 is 0. The summed E-state index contributed by atoms with van der Waals surface area (Å²) in [4.78, 5) is 15.2. The van der Waals surface area contributed by atoms with Crippen molar-refractivity contribution in [1.29, 1.82) is 0 Å². The Bertz CT molecular complexity index is 385. The third kappa shape index (κ3) is 3.62. The largest absolute Gasteiger partial charge is 0.342 e. The lowest BCUT2D eigenvalue weighted by atomic mass is 9.68. The summed E-state index contributed by atoms with van der Waals surface area (Å²) < 4.78 is 0. The van der Waals surface area contributed by atoms with Crippen LogP contribution in [0.25, 0.3) is 0 Å². The second-order valence-electron chi connectivity index (χ2n) is 8.23. The molecule has 1 saturated heterocycles. The zero-order valence-electron chi connectivity index (χ0n) is 14.1. The summed E-state index contributed by atoms with van der Waals surface area (Å²) in [6.45, 7) is 4.07. The first-order valence-electron chi connectivity index (χ1n) is 9.10. The highest BCUT2D eigenvalue weighted by Crippen LogP contribution is 2.44. The van der Waals surface area contributed by atoms with Gasteiger partial charge in [0.1, 0.15) is 0 Å². The van der Waals surface area contributed by atoms with Crippen LogP contribution in [-0.4, -0.2) is 29.4 Å². The van der Waals surface area contributed by atoms with E-state index >= 15 is 0 Å². The summed E-state index contributed by atoms with van der Waals surface area (Å²) in [6.07, 6.45) is 13.7. The Hall–Kier alpha value is -0.280. The van der Waals surface area contributed by atoms with Crippen LogP contribution in [0.3, 0.4) is 0 Å². The van der Waals surface area contributed by atoms with Gasteiger partial charge >= 0.3 is 0 Å². The molecule has 3 fully saturated rings. The molecule has 0 bridgehead atoms. The molecule has 0 aromatic heterocycles. The topological polar surface area (TPSA) is 46.3 Å². The van der Waals surface area contributed by atoms with Gasteiger partial charge in [-0.3, -0.25) is 4.79 Å². The summed E-state index contributed by atoms with van der Waals surface area (Å²) in [6, 6.07) is 0. The fourth-order valence-corrected chi connectivity index (χ4v) is 5.09. The van der Waals surface area contributed by atoms with E-state index in [9.17, 15) is 4.79 Å². The van der Waals surface area contributed by atoms with Gasteiger partial charge in [0.15, 0.2) is 0 Å². The molecule has 1 aliphatic heterocycles. The number of carbonyl (C=O) groups is 1. The molecule has 3 rings (SSSR count). The molecule has 2 N–H and O–H groups in total. The van der Waals surface area contributed by atoms with Crippen LogP contribution in [0.4, 0.5) is 0 Å². The number of rotatable bonds is 1. The van der Waals surface area contributed by atoms with E-state index in [1.807, 2.05) is 0 Å². The average Bonchev–Trinajstić information content (AvgIpc) is 2.47. The highest BCUT2D eigenvalue weighted by Gasteiger charge is 2.43. The molecule has 2 saturated carbocycles. The second-order valence-corrected chi connectivity index (χ2v) is 8.23. The Kier molecular flexibility index (Phi) is 5.82. The molecule has 1 amide bonds. The van der Waals surface area contributed by atoms with Crippen LogP contribution in [0.2, 0.25) is 0 Å². The van der Waals surface area contributed by atoms with Gasteiger partial charge < -0.3 is 10.6 Å². The maximum Gasteiger partial charge on any atom is 0.227 e. The van der Waals surface area contributed by atoms with Crippen molar-refractivity contribution in [1.82, 2.24) is 4.90 Å². The van der Waals surface area contributed by atoms with E-state index in [0.29, 0.717) is 11.3 Å². The lowest BCUT2D eigenvalue weighted by Gasteiger charge is -2.48. The molecule has 2 aliphatic carbocycles. The minimum atomic E-state index is -0.285. The molecule has 3 aliphatic rings. The molecule has 4 heteroatoms. The molecule has 128 valence electrons. The van der Waals surface area contributed by atoms with E-state index in [2.05, 4.69) is 11.8 Å². The zero-order chi connectivity index (χ0) is 14.9. The third-order valence-electron chi connectivity index (χ3n) is 6.44. The van der Waals surface area contributed by atoms with Crippen molar-refractivity contribution in [2.24, 2.45) is 17.1 Å². The number of amides is 1. The van der Waals surface area contributed by atoms with E-state index in [1.165, 1.54) is 57.8 Å². The zero-order valence-corrected chi connectivity index (χ0v) is 14.9. The molecular formula is C18H33ClN2O. The Morgan fingerprint density at radius 2 is 1.64 bits per heavy atom. The van der Waals surface area contributed by atoms with Gasteiger partial charge in [0.05, 0.1) is 5.92 Å². The van der Waals surface area contributed by atoms with E-state index in [1.54, 1.807) is 0 Å². The summed E-state index contributed by atoms with van der Waals surface area (Å²) in [5, 5.41) is 0. The number of nitrogens with two attached hydrogens (primary N) is 1. The van der Waals surface area contributed by atoms with Crippen LogP contribution in [-0.2, 0) is 4.79 Å². The van der Waals surface area contributed by atoms with E-state index in [-0.39, 0.29) is 23.9 Å². The van der Waals surface area contributed by atoms with Crippen molar-refractivity contribution in [2.45, 2.75) is 83.1 Å². The van der Waals surface area contributed by atoms with E-state index in [4.69, 9.17) is 5.73 Å². The average molecular weight is 329 g/mol. The SMILES string of the molecule is CC1(N)CCCCC1C(=O)N1CCCC2(CCCCC2)C1.Cl. The van der Waals surface area contributed by atoms with Crippen LogP contribution >= 0.6 is 12.4 Å². The van der Waals surface area contributed by atoms with Crippen molar-refractivity contribution in [3.8, 4) is 0 Å². The quantitative estimate of drug-likeness (QED) is 0.793. The Labute approximate surface area is 141 Å². The molecule has 0 radical (unpaired) electrons. The summed E-state index contributed by atoms with van der Waals surface area (Å²) in [5.74, 6) is 0.425. The monoisotopic (exact) mass is 328 g/mol. The van der Waals surface area contributed by atoms with Crippen molar-refractivity contribution < 1.29 is 4.79 Å². The van der Waals surface area contributed by atoms with E-state index in [0.717, 1.165) is 25.9 Å². The second kappa shape index (κ2) is 7.09. The first-order valence-corrected chi connectivity index (χ1v) is 9.10. The number of likely N-dealkylation sites (tertiary alicyclic amines) is 1. The number of halogens is 1. The maximum atomic E-state index is 13.0. The number of carbonyl (C=O) groups excluding carboxylic acids is 1. The van der Waals surface area contributed by atoms with Crippen LogP contribution in [0.5, 0.6) is 0 Å². The normalized spacial score (nSPS) is 35.0. The van der Waals surface area contributed by atoms with E-state index < -0.39 is 0 Å². The number of nitrogens with zero attached hydrogens (tertiary/aromatic N) is 1. The van der Waals surface area contributed by atoms with Gasteiger partial charge in [0, 0.05) is 18.6 Å². The third-order valence-corrected chi connectivity index (χ3v) is 6.44. The smallest absolute Gasteiger partial charge is 0.227 e. The Balaban J connectivity index is 0.00000176. The van der Waals surface area contributed by atoms with Crippen LogP contribution in [0, 0.1) is 11.3 Å². The number of piperidine rings is 1. The Morgan fingerprint density at radius 3 is 2.32 bits per heavy atom.